The SMILES string of the molecule is CCOC(=O)c1[nH]cnc1C(=O)NC[C@@H](OC)c1cccs1. The van der Waals surface area contributed by atoms with Crippen molar-refractivity contribution in [2.24, 2.45) is 0 Å². The third kappa shape index (κ3) is 3.71. The predicted octanol–water partition coefficient (Wildman–Crippen LogP) is 1.77. The van der Waals surface area contributed by atoms with Gasteiger partial charge in [0.15, 0.2) is 11.4 Å². The number of esters is 1. The number of nitrogens with zero attached hydrogens (tertiary/aromatic N) is 1. The average Bonchev–Trinajstić information content (AvgIpc) is 3.19. The van der Waals surface area contributed by atoms with Gasteiger partial charge in [0, 0.05) is 18.5 Å². The molecule has 2 aromatic rings. The Balaban J connectivity index is 2.01. The van der Waals surface area contributed by atoms with Crippen molar-refractivity contribution < 1.29 is 19.1 Å². The Morgan fingerprint density at radius 1 is 1.50 bits per heavy atom. The van der Waals surface area contributed by atoms with Gasteiger partial charge in [-0.2, -0.15) is 0 Å². The molecule has 2 N–H and O–H groups in total. The number of aromatic nitrogens is 2. The van der Waals surface area contributed by atoms with Crippen LogP contribution in [0.15, 0.2) is 23.8 Å². The molecule has 0 bridgehead atoms. The van der Waals surface area contributed by atoms with Crippen molar-refractivity contribution in [3.05, 3.63) is 40.1 Å². The summed E-state index contributed by atoms with van der Waals surface area (Å²) in [6.45, 7) is 2.20. The third-order valence-corrected chi connectivity index (χ3v) is 3.89. The molecule has 0 aliphatic rings. The molecule has 22 heavy (non-hydrogen) atoms. The van der Waals surface area contributed by atoms with Crippen molar-refractivity contribution in [3.8, 4) is 0 Å². The normalized spacial score (nSPS) is 11.9. The van der Waals surface area contributed by atoms with Crippen LogP contribution in [0, 0.1) is 0 Å². The largest absolute Gasteiger partial charge is 0.461 e. The van der Waals surface area contributed by atoms with Crippen LogP contribution in [0.5, 0.6) is 0 Å². The Bertz CT molecular complexity index is 624. The molecule has 0 saturated heterocycles. The minimum absolute atomic E-state index is 0.0134. The number of aromatic amines is 1. The Labute approximate surface area is 131 Å². The Morgan fingerprint density at radius 3 is 2.95 bits per heavy atom. The van der Waals surface area contributed by atoms with E-state index in [1.165, 1.54) is 6.33 Å². The summed E-state index contributed by atoms with van der Waals surface area (Å²) in [5.74, 6) is -1.06. The van der Waals surface area contributed by atoms with Crippen molar-refractivity contribution >= 4 is 23.2 Å². The summed E-state index contributed by atoms with van der Waals surface area (Å²) in [4.78, 5) is 31.4. The van der Waals surface area contributed by atoms with E-state index < -0.39 is 11.9 Å². The molecular weight excluding hydrogens is 306 g/mol. The second-order valence-corrected chi connectivity index (χ2v) is 5.28. The molecule has 1 atom stereocenters. The summed E-state index contributed by atoms with van der Waals surface area (Å²) in [5.41, 5.74) is 0.0592. The fourth-order valence-corrected chi connectivity index (χ4v) is 2.67. The average molecular weight is 323 g/mol. The molecule has 2 heterocycles. The first-order valence-corrected chi connectivity index (χ1v) is 7.60. The number of nitrogens with one attached hydrogen (secondary N) is 2. The summed E-state index contributed by atoms with van der Waals surface area (Å²) in [5, 5.41) is 4.65. The van der Waals surface area contributed by atoms with E-state index in [-0.39, 0.29) is 30.6 Å². The van der Waals surface area contributed by atoms with E-state index in [9.17, 15) is 9.59 Å². The van der Waals surface area contributed by atoms with Crippen LogP contribution in [-0.2, 0) is 9.47 Å². The first-order chi connectivity index (χ1) is 10.7. The lowest BCUT2D eigenvalue weighted by Crippen LogP contribution is -2.30. The highest BCUT2D eigenvalue weighted by molar-refractivity contribution is 7.10. The molecule has 0 aromatic carbocycles. The van der Waals surface area contributed by atoms with Gasteiger partial charge in [0.2, 0.25) is 0 Å². The fraction of sp³-hybridized carbons (Fsp3) is 0.357. The molecule has 0 saturated carbocycles. The summed E-state index contributed by atoms with van der Waals surface area (Å²) in [6, 6.07) is 3.85. The number of hydrogen-bond donors (Lipinski definition) is 2. The summed E-state index contributed by atoms with van der Waals surface area (Å²) >= 11 is 1.55. The minimum atomic E-state index is -0.605. The highest BCUT2D eigenvalue weighted by Crippen LogP contribution is 2.21. The lowest BCUT2D eigenvalue weighted by atomic mass is 10.2. The number of imidazole rings is 1. The number of thiophene rings is 1. The maximum atomic E-state index is 12.2. The van der Waals surface area contributed by atoms with Gasteiger partial charge in [0.1, 0.15) is 6.10 Å². The van der Waals surface area contributed by atoms with Crippen LogP contribution in [0.1, 0.15) is 38.9 Å². The van der Waals surface area contributed by atoms with Crippen LogP contribution in [0.3, 0.4) is 0 Å². The second kappa shape index (κ2) is 7.71. The Hall–Kier alpha value is -2.19. The summed E-state index contributed by atoms with van der Waals surface area (Å²) in [6.07, 6.45) is 1.04. The molecule has 0 aliphatic carbocycles. The van der Waals surface area contributed by atoms with Crippen LogP contribution in [0.2, 0.25) is 0 Å². The zero-order valence-electron chi connectivity index (χ0n) is 12.3. The predicted molar refractivity (Wildman–Crippen MR) is 80.9 cm³/mol. The standard InChI is InChI=1S/C14H17N3O4S/c1-3-21-14(19)12-11(16-8-17-12)13(18)15-7-9(20-2)10-5-4-6-22-10/h4-6,8-9H,3,7H2,1-2H3,(H,15,18)(H,16,17)/t9-/m1/s1. The Kier molecular flexibility index (Phi) is 5.68. The van der Waals surface area contributed by atoms with Gasteiger partial charge >= 0.3 is 5.97 Å². The molecule has 8 heteroatoms. The van der Waals surface area contributed by atoms with E-state index in [4.69, 9.17) is 9.47 Å². The molecule has 2 rings (SSSR count). The van der Waals surface area contributed by atoms with Crippen molar-refractivity contribution in [1.82, 2.24) is 15.3 Å². The number of ether oxygens (including phenoxy) is 2. The topological polar surface area (TPSA) is 93.3 Å². The van der Waals surface area contributed by atoms with Crippen molar-refractivity contribution in [3.63, 3.8) is 0 Å². The van der Waals surface area contributed by atoms with Crippen LogP contribution >= 0.6 is 11.3 Å². The molecule has 0 unspecified atom stereocenters. The van der Waals surface area contributed by atoms with Gasteiger partial charge in [-0.1, -0.05) is 6.07 Å². The number of amides is 1. The smallest absolute Gasteiger partial charge is 0.357 e. The Morgan fingerprint density at radius 2 is 2.32 bits per heavy atom. The maximum Gasteiger partial charge on any atom is 0.357 e. The van der Waals surface area contributed by atoms with E-state index in [0.717, 1.165) is 4.88 Å². The van der Waals surface area contributed by atoms with Crippen molar-refractivity contribution in [2.45, 2.75) is 13.0 Å². The monoisotopic (exact) mass is 323 g/mol. The van der Waals surface area contributed by atoms with E-state index in [1.807, 2.05) is 17.5 Å². The van der Waals surface area contributed by atoms with Gasteiger partial charge in [0.25, 0.3) is 5.91 Å². The quantitative estimate of drug-likeness (QED) is 0.757. The second-order valence-electron chi connectivity index (χ2n) is 4.30. The van der Waals surface area contributed by atoms with Crippen molar-refractivity contribution in [2.75, 3.05) is 20.3 Å². The molecule has 0 radical (unpaired) electrons. The van der Waals surface area contributed by atoms with Gasteiger partial charge in [0.05, 0.1) is 12.9 Å². The number of H-pyrrole nitrogens is 1. The molecule has 1 amide bonds. The van der Waals surface area contributed by atoms with Crippen LogP contribution in [0.4, 0.5) is 0 Å². The van der Waals surface area contributed by atoms with Gasteiger partial charge < -0.3 is 19.8 Å². The minimum Gasteiger partial charge on any atom is -0.461 e. The fourth-order valence-electron chi connectivity index (χ4n) is 1.87. The van der Waals surface area contributed by atoms with Gasteiger partial charge in [-0.05, 0) is 18.4 Å². The first-order valence-electron chi connectivity index (χ1n) is 6.72. The summed E-state index contributed by atoms with van der Waals surface area (Å²) in [7, 11) is 1.58. The number of carbonyl (C=O) groups excluding carboxylic acids is 2. The molecule has 118 valence electrons. The maximum absolute atomic E-state index is 12.2. The van der Waals surface area contributed by atoms with Crippen LogP contribution in [-0.4, -0.2) is 42.1 Å². The van der Waals surface area contributed by atoms with E-state index in [0.29, 0.717) is 0 Å². The van der Waals surface area contributed by atoms with Gasteiger partial charge in [-0.15, -0.1) is 11.3 Å². The third-order valence-electron chi connectivity index (χ3n) is 2.93. The molecular formula is C14H17N3O4S. The number of methoxy groups -OCH3 is 1. The highest BCUT2D eigenvalue weighted by atomic mass is 32.1. The number of hydrogen-bond acceptors (Lipinski definition) is 6. The van der Waals surface area contributed by atoms with E-state index in [1.54, 1.807) is 25.4 Å². The van der Waals surface area contributed by atoms with Crippen LogP contribution in [0.25, 0.3) is 0 Å². The van der Waals surface area contributed by atoms with E-state index in [2.05, 4.69) is 15.3 Å². The lowest BCUT2D eigenvalue weighted by Gasteiger charge is -2.14. The zero-order chi connectivity index (χ0) is 15.9. The molecule has 0 aliphatic heterocycles. The number of carbonyl (C=O) groups is 2. The molecule has 0 spiro atoms. The summed E-state index contributed by atoms with van der Waals surface area (Å²) < 4.78 is 10.2. The van der Waals surface area contributed by atoms with E-state index >= 15 is 0 Å². The zero-order valence-corrected chi connectivity index (χ0v) is 13.1. The lowest BCUT2D eigenvalue weighted by molar-refractivity contribution is 0.0515. The van der Waals surface area contributed by atoms with Gasteiger partial charge in [-0.25, -0.2) is 9.78 Å². The van der Waals surface area contributed by atoms with Crippen molar-refractivity contribution in [1.29, 1.82) is 0 Å². The first kappa shape index (κ1) is 16.2. The molecule has 0 fully saturated rings. The molecule has 2 aromatic heterocycles. The van der Waals surface area contributed by atoms with Crippen LogP contribution < -0.4 is 5.32 Å². The molecule has 7 nitrogen and oxygen atoms in total. The van der Waals surface area contributed by atoms with Gasteiger partial charge in [-0.3, -0.25) is 4.79 Å². The highest BCUT2D eigenvalue weighted by Gasteiger charge is 2.22. The number of rotatable bonds is 7.